The van der Waals surface area contributed by atoms with Crippen LogP contribution in [0.25, 0.3) is 10.9 Å². The van der Waals surface area contributed by atoms with Gasteiger partial charge in [-0.25, -0.2) is 0 Å². The van der Waals surface area contributed by atoms with Gasteiger partial charge in [-0.2, -0.15) is 5.26 Å². The van der Waals surface area contributed by atoms with Gasteiger partial charge in [0, 0.05) is 17.5 Å². The largest absolute Gasteiger partial charge is 0.465 e. The Labute approximate surface area is 111 Å². The van der Waals surface area contributed by atoms with Gasteiger partial charge in [0.05, 0.1) is 18.2 Å². The molecule has 1 atom stereocenters. The molecule has 2 rings (SSSR count). The number of pyridine rings is 1. The fourth-order valence-electron chi connectivity index (χ4n) is 1.86. The van der Waals surface area contributed by atoms with Crippen LogP contribution >= 0.6 is 0 Å². The number of rotatable bonds is 4. The highest BCUT2D eigenvalue weighted by atomic mass is 16.5. The van der Waals surface area contributed by atoms with Gasteiger partial charge in [-0.15, -0.1) is 0 Å². The van der Waals surface area contributed by atoms with E-state index in [0.717, 1.165) is 16.6 Å². The normalized spacial score (nSPS) is 11.8. The number of ether oxygens (including phenoxy) is 1. The van der Waals surface area contributed by atoms with E-state index in [1.807, 2.05) is 42.5 Å². The molecule has 0 radical (unpaired) electrons. The highest BCUT2D eigenvalue weighted by Crippen LogP contribution is 2.14. The maximum Gasteiger partial charge on any atom is 0.323 e. The first-order valence-corrected chi connectivity index (χ1v) is 6.15. The third kappa shape index (κ3) is 3.08. The van der Waals surface area contributed by atoms with Crippen molar-refractivity contribution in [1.82, 2.24) is 4.98 Å². The van der Waals surface area contributed by atoms with Gasteiger partial charge in [-0.05, 0) is 19.1 Å². The Morgan fingerprint density at radius 2 is 2.16 bits per heavy atom. The van der Waals surface area contributed by atoms with Gasteiger partial charge in [0.1, 0.15) is 5.92 Å². The molecule has 1 aromatic carbocycles. The van der Waals surface area contributed by atoms with Crippen molar-refractivity contribution in [2.24, 2.45) is 5.92 Å². The average Bonchev–Trinajstić information content (AvgIpc) is 2.44. The molecular weight excluding hydrogens is 240 g/mol. The van der Waals surface area contributed by atoms with Gasteiger partial charge >= 0.3 is 5.97 Å². The van der Waals surface area contributed by atoms with Gasteiger partial charge in [-0.3, -0.25) is 9.78 Å². The molecule has 4 heteroatoms. The van der Waals surface area contributed by atoms with Crippen molar-refractivity contribution in [3.63, 3.8) is 0 Å². The van der Waals surface area contributed by atoms with E-state index >= 15 is 0 Å². The second kappa shape index (κ2) is 5.96. The summed E-state index contributed by atoms with van der Waals surface area (Å²) in [6.45, 7) is 2.00. The summed E-state index contributed by atoms with van der Waals surface area (Å²) in [5.74, 6) is -1.28. The number of nitriles is 1. The lowest BCUT2D eigenvalue weighted by Gasteiger charge is -2.08. The van der Waals surface area contributed by atoms with Crippen LogP contribution in [0.15, 0.2) is 36.4 Å². The number of carbonyl (C=O) groups excluding carboxylic acids is 1. The fourth-order valence-corrected chi connectivity index (χ4v) is 1.86. The summed E-state index contributed by atoms with van der Waals surface area (Å²) in [6, 6.07) is 13.5. The fraction of sp³-hybridized carbons (Fsp3) is 0.267. The minimum absolute atomic E-state index is 0.278. The number of esters is 1. The summed E-state index contributed by atoms with van der Waals surface area (Å²) in [6.07, 6.45) is 0.278. The smallest absolute Gasteiger partial charge is 0.323 e. The second-order valence-electron chi connectivity index (χ2n) is 4.13. The molecule has 0 amide bonds. The lowest BCUT2D eigenvalue weighted by Crippen LogP contribution is -2.18. The van der Waals surface area contributed by atoms with E-state index in [1.54, 1.807) is 6.92 Å². The third-order valence-electron chi connectivity index (χ3n) is 2.80. The third-order valence-corrected chi connectivity index (χ3v) is 2.80. The van der Waals surface area contributed by atoms with Gasteiger partial charge in [0.2, 0.25) is 0 Å². The monoisotopic (exact) mass is 254 g/mol. The van der Waals surface area contributed by atoms with Crippen molar-refractivity contribution >= 4 is 16.9 Å². The highest BCUT2D eigenvalue weighted by Gasteiger charge is 2.20. The number of fused-ring (bicyclic) bond motifs is 1. The molecule has 96 valence electrons. The van der Waals surface area contributed by atoms with Crippen molar-refractivity contribution in [3.05, 3.63) is 42.1 Å². The molecule has 1 heterocycles. The van der Waals surface area contributed by atoms with E-state index in [1.165, 1.54) is 0 Å². The first-order chi connectivity index (χ1) is 9.24. The number of hydrogen-bond acceptors (Lipinski definition) is 4. The minimum atomic E-state index is -0.798. The van der Waals surface area contributed by atoms with E-state index in [9.17, 15) is 4.79 Å². The van der Waals surface area contributed by atoms with E-state index in [0.29, 0.717) is 0 Å². The van der Waals surface area contributed by atoms with Crippen LogP contribution in [-0.4, -0.2) is 17.6 Å². The second-order valence-corrected chi connectivity index (χ2v) is 4.13. The molecular formula is C15H14N2O2. The Balaban J connectivity index is 2.20. The number of nitrogens with zero attached hydrogens (tertiary/aromatic N) is 2. The topological polar surface area (TPSA) is 63.0 Å². The van der Waals surface area contributed by atoms with Crippen LogP contribution < -0.4 is 0 Å². The summed E-state index contributed by atoms with van der Waals surface area (Å²) in [7, 11) is 0. The molecule has 0 fully saturated rings. The first-order valence-electron chi connectivity index (χ1n) is 6.15. The predicted molar refractivity (Wildman–Crippen MR) is 71.2 cm³/mol. The molecule has 0 saturated heterocycles. The van der Waals surface area contributed by atoms with Crippen molar-refractivity contribution < 1.29 is 9.53 Å². The zero-order chi connectivity index (χ0) is 13.7. The molecule has 1 unspecified atom stereocenters. The van der Waals surface area contributed by atoms with Crippen LogP contribution in [0.5, 0.6) is 0 Å². The Morgan fingerprint density at radius 3 is 2.89 bits per heavy atom. The Bertz CT molecular complexity index is 631. The quantitative estimate of drug-likeness (QED) is 0.786. The minimum Gasteiger partial charge on any atom is -0.465 e. The van der Waals surface area contributed by atoms with Crippen molar-refractivity contribution in [1.29, 1.82) is 5.26 Å². The number of para-hydroxylation sites is 1. The van der Waals surface area contributed by atoms with Crippen molar-refractivity contribution in [2.45, 2.75) is 13.3 Å². The summed E-state index contributed by atoms with van der Waals surface area (Å²) in [4.78, 5) is 16.0. The highest BCUT2D eigenvalue weighted by molar-refractivity contribution is 5.79. The van der Waals surface area contributed by atoms with Crippen LogP contribution in [0.3, 0.4) is 0 Å². The molecule has 0 aliphatic carbocycles. The lowest BCUT2D eigenvalue weighted by atomic mass is 10.0. The molecule has 0 aliphatic rings. The van der Waals surface area contributed by atoms with Crippen LogP contribution in [0, 0.1) is 17.2 Å². The molecule has 1 aromatic heterocycles. The Kier molecular flexibility index (Phi) is 4.09. The van der Waals surface area contributed by atoms with E-state index in [4.69, 9.17) is 10.00 Å². The van der Waals surface area contributed by atoms with Gasteiger partial charge in [-0.1, -0.05) is 24.3 Å². The van der Waals surface area contributed by atoms with Crippen LogP contribution in [0.1, 0.15) is 12.6 Å². The maximum absolute atomic E-state index is 11.6. The summed E-state index contributed by atoms with van der Waals surface area (Å²) >= 11 is 0. The molecule has 0 spiro atoms. The standard InChI is InChI=1S/C15H14N2O2/c1-2-19-15(18)12(10-16)9-13-8-7-11-5-3-4-6-14(11)17-13/h3-8,12H,2,9H2,1H3. The van der Waals surface area contributed by atoms with Gasteiger partial charge in [0.25, 0.3) is 0 Å². The molecule has 0 saturated carbocycles. The number of benzene rings is 1. The molecule has 2 aromatic rings. The number of carbonyl (C=O) groups is 1. The van der Waals surface area contributed by atoms with Crippen LogP contribution in [0.2, 0.25) is 0 Å². The first kappa shape index (κ1) is 13.0. The molecule has 0 N–H and O–H groups in total. The number of hydrogen-bond donors (Lipinski definition) is 0. The maximum atomic E-state index is 11.6. The summed E-state index contributed by atoms with van der Waals surface area (Å²) in [5.41, 5.74) is 1.58. The van der Waals surface area contributed by atoms with Crippen LogP contribution in [0.4, 0.5) is 0 Å². The van der Waals surface area contributed by atoms with E-state index in [-0.39, 0.29) is 13.0 Å². The zero-order valence-corrected chi connectivity index (χ0v) is 10.7. The molecule has 0 aliphatic heterocycles. The van der Waals surface area contributed by atoms with Gasteiger partial charge < -0.3 is 4.74 Å². The summed E-state index contributed by atoms with van der Waals surface area (Å²) < 4.78 is 4.87. The van der Waals surface area contributed by atoms with Crippen molar-refractivity contribution in [2.75, 3.05) is 6.61 Å². The molecule has 4 nitrogen and oxygen atoms in total. The SMILES string of the molecule is CCOC(=O)C(C#N)Cc1ccc2ccccc2n1. The van der Waals surface area contributed by atoms with E-state index in [2.05, 4.69) is 4.98 Å². The van der Waals surface area contributed by atoms with Gasteiger partial charge in [0.15, 0.2) is 0 Å². The molecule has 19 heavy (non-hydrogen) atoms. The number of aromatic nitrogens is 1. The Morgan fingerprint density at radius 1 is 1.37 bits per heavy atom. The van der Waals surface area contributed by atoms with E-state index < -0.39 is 11.9 Å². The molecule has 0 bridgehead atoms. The van der Waals surface area contributed by atoms with Crippen LogP contribution in [-0.2, 0) is 16.0 Å². The zero-order valence-electron chi connectivity index (χ0n) is 10.7. The average molecular weight is 254 g/mol. The lowest BCUT2D eigenvalue weighted by molar-refractivity contribution is -0.145. The van der Waals surface area contributed by atoms with Crippen molar-refractivity contribution in [3.8, 4) is 6.07 Å². The summed E-state index contributed by atoms with van der Waals surface area (Å²) in [5, 5.41) is 10.1. The Hall–Kier alpha value is -2.41. The predicted octanol–water partition coefficient (Wildman–Crippen LogP) is 2.48.